The molecule has 0 saturated carbocycles. The zero-order chi connectivity index (χ0) is 19.4. The summed E-state index contributed by atoms with van der Waals surface area (Å²) < 4.78 is 26.1. The lowest BCUT2D eigenvalue weighted by molar-refractivity contribution is 0.0955. The Balaban J connectivity index is 1.64. The second kappa shape index (κ2) is 8.00. The van der Waals surface area contributed by atoms with Gasteiger partial charge in [-0.25, -0.2) is 8.42 Å². The lowest BCUT2D eigenvalue weighted by Crippen LogP contribution is -2.38. The standard InChI is InChI=1S/C20H25N3O3S/c1-3-27(25,26)22-18-10-6-5-9-17(18)20(24)21-12-13-23-15(2)14-16-8-4-7-11-19(16)23/h4-11,15,22H,3,12-14H2,1-2H3,(H,21,24). The van der Waals surface area contributed by atoms with E-state index in [0.717, 1.165) is 6.42 Å². The molecule has 2 N–H and O–H groups in total. The summed E-state index contributed by atoms with van der Waals surface area (Å²) in [5.74, 6) is -0.334. The van der Waals surface area contributed by atoms with Gasteiger partial charge in [-0.2, -0.15) is 0 Å². The van der Waals surface area contributed by atoms with Gasteiger partial charge in [-0.05, 0) is 44.0 Å². The van der Waals surface area contributed by atoms with Gasteiger partial charge in [0, 0.05) is 24.8 Å². The molecule has 0 radical (unpaired) electrons. The molecule has 0 aromatic heterocycles. The highest BCUT2D eigenvalue weighted by atomic mass is 32.2. The number of hydrogen-bond acceptors (Lipinski definition) is 4. The van der Waals surface area contributed by atoms with Gasteiger partial charge in [-0.3, -0.25) is 9.52 Å². The lowest BCUT2D eigenvalue weighted by Gasteiger charge is -2.25. The second-order valence-corrected chi connectivity index (χ2v) is 8.69. The van der Waals surface area contributed by atoms with Gasteiger partial charge in [0.1, 0.15) is 0 Å². The Morgan fingerprint density at radius 1 is 1.15 bits per heavy atom. The Morgan fingerprint density at radius 3 is 2.63 bits per heavy atom. The molecule has 6 nitrogen and oxygen atoms in total. The molecule has 0 fully saturated rings. The average Bonchev–Trinajstić information content (AvgIpc) is 2.97. The van der Waals surface area contributed by atoms with Crippen molar-refractivity contribution < 1.29 is 13.2 Å². The first-order valence-corrected chi connectivity index (χ1v) is 10.8. The Hall–Kier alpha value is -2.54. The van der Waals surface area contributed by atoms with Crippen LogP contribution in [0.15, 0.2) is 48.5 Å². The quantitative estimate of drug-likeness (QED) is 0.766. The molecule has 0 saturated heterocycles. The second-order valence-electron chi connectivity index (χ2n) is 6.68. The fraction of sp³-hybridized carbons (Fsp3) is 0.350. The average molecular weight is 388 g/mol. The largest absolute Gasteiger partial charge is 0.367 e. The minimum atomic E-state index is -3.44. The van der Waals surface area contributed by atoms with Crippen LogP contribution in [0.25, 0.3) is 0 Å². The van der Waals surface area contributed by atoms with E-state index < -0.39 is 10.0 Å². The first-order chi connectivity index (χ1) is 12.9. The number of rotatable bonds is 7. The van der Waals surface area contributed by atoms with Gasteiger partial charge in [0.05, 0.1) is 17.0 Å². The normalized spacial score (nSPS) is 16.1. The van der Waals surface area contributed by atoms with E-state index in [9.17, 15) is 13.2 Å². The number of nitrogens with one attached hydrogen (secondary N) is 2. The van der Waals surface area contributed by atoms with Crippen LogP contribution >= 0.6 is 0 Å². The van der Waals surface area contributed by atoms with E-state index in [4.69, 9.17) is 0 Å². The summed E-state index contributed by atoms with van der Waals surface area (Å²) in [5, 5.41) is 2.91. The van der Waals surface area contributed by atoms with Crippen molar-refractivity contribution in [2.24, 2.45) is 0 Å². The van der Waals surface area contributed by atoms with Crippen molar-refractivity contribution in [1.29, 1.82) is 0 Å². The Bertz CT molecular complexity index is 928. The van der Waals surface area contributed by atoms with Crippen LogP contribution in [0.1, 0.15) is 29.8 Å². The number of fused-ring (bicyclic) bond motifs is 1. The number of amides is 1. The van der Waals surface area contributed by atoms with E-state index in [1.807, 2.05) is 12.1 Å². The minimum absolute atomic E-state index is 0.0464. The van der Waals surface area contributed by atoms with E-state index >= 15 is 0 Å². The number of sulfonamides is 1. The fourth-order valence-electron chi connectivity index (χ4n) is 3.37. The molecular formula is C20H25N3O3S. The van der Waals surface area contributed by atoms with Gasteiger partial charge in [-0.1, -0.05) is 30.3 Å². The summed E-state index contributed by atoms with van der Waals surface area (Å²) in [5.41, 5.74) is 3.17. The molecule has 1 aliphatic rings. The Labute approximate surface area is 160 Å². The molecule has 0 aliphatic carbocycles. The molecule has 1 atom stereocenters. The van der Waals surface area contributed by atoms with Crippen LogP contribution < -0.4 is 14.9 Å². The molecule has 1 aliphatic heterocycles. The van der Waals surface area contributed by atoms with Crippen LogP contribution in [-0.2, 0) is 16.4 Å². The molecule has 27 heavy (non-hydrogen) atoms. The van der Waals surface area contributed by atoms with Crippen molar-refractivity contribution in [3.05, 3.63) is 59.7 Å². The summed E-state index contributed by atoms with van der Waals surface area (Å²) >= 11 is 0. The SMILES string of the molecule is CCS(=O)(=O)Nc1ccccc1C(=O)NCCN1c2ccccc2CC1C. The number of carbonyl (C=O) groups is 1. The molecule has 0 bridgehead atoms. The van der Waals surface area contributed by atoms with Gasteiger partial charge in [-0.15, -0.1) is 0 Å². The van der Waals surface area contributed by atoms with E-state index in [1.54, 1.807) is 31.2 Å². The van der Waals surface area contributed by atoms with Gasteiger partial charge in [0.25, 0.3) is 5.91 Å². The molecule has 3 rings (SSSR count). The molecule has 1 amide bonds. The predicted octanol–water partition coefficient (Wildman–Crippen LogP) is 2.63. The highest BCUT2D eigenvalue weighted by Crippen LogP contribution is 2.31. The van der Waals surface area contributed by atoms with Crippen LogP contribution in [0.5, 0.6) is 0 Å². The van der Waals surface area contributed by atoms with Gasteiger partial charge >= 0.3 is 0 Å². The van der Waals surface area contributed by atoms with Gasteiger partial charge < -0.3 is 10.2 Å². The number of benzene rings is 2. The maximum atomic E-state index is 12.6. The predicted molar refractivity (Wildman–Crippen MR) is 109 cm³/mol. The van der Waals surface area contributed by atoms with Crippen LogP contribution in [0.3, 0.4) is 0 Å². The van der Waals surface area contributed by atoms with E-state index in [0.29, 0.717) is 30.4 Å². The smallest absolute Gasteiger partial charge is 0.253 e. The number of hydrogen-bond donors (Lipinski definition) is 2. The van der Waals surface area contributed by atoms with Gasteiger partial charge in [0.15, 0.2) is 0 Å². The highest BCUT2D eigenvalue weighted by Gasteiger charge is 2.25. The zero-order valence-electron chi connectivity index (χ0n) is 15.6. The van der Waals surface area contributed by atoms with Crippen molar-refractivity contribution in [1.82, 2.24) is 5.32 Å². The third-order valence-corrected chi connectivity index (χ3v) is 6.09. The highest BCUT2D eigenvalue weighted by molar-refractivity contribution is 7.92. The van der Waals surface area contributed by atoms with Crippen LogP contribution in [-0.4, -0.2) is 39.2 Å². The van der Waals surface area contributed by atoms with Crippen molar-refractivity contribution in [3.63, 3.8) is 0 Å². The van der Waals surface area contributed by atoms with Crippen LogP contribution in [0.4, 0.5) is 11.4 Å². The first kappa shape index (κ1) is 19.2. The zero-order valence-corrected chi connectivity index (χ0v) is 16.4. The third-order valence-electron chi connectivity index (χ3n) is 4.80. The number of anilines is 2. The Morgan fingerprint density at radius 2 is 1.85 bits per heavy atom. The molecule has 7 heteroatoms. The van der Waals surface area contributed by atoms with Crippen molar-refractivity contribution in [3.8, 4) is 0 Å². The van der Waals surface area contributed by atoms with Gasteiger partial charge in [0.2, 0.25) is 10.0 Å². The lowest BCUT2D eigenvalue weighted by atomic mass is 10.1. The molecule has 2 aromatic rings. The fourth-order valence-corrected chi connectivity index (χ4v) is 4.02. The van der Waals surface area contributed by atoms with Crippen molar-refractivity contribution >= 4 is 27.3 Å². The Kier molecular flexibility index (Phi) is 5.70. The monoisotopic (exact) mass is 387 g/mol. The first-order valence-electron chi connectivity index (χ1n) is 9.13. The van der Waals surface area contributed by atoms with Crippen molar-refractivity contribution in [2.75, 3.05) is 28.5 Å². The summed E-state index contributed by atoms with van der Waals surface area (Å²) in [6.07, 6.45) is 1.01. The molecule has 0 spiro atoms. The van der Waals surface area contributed by atoms with Crippen molar-refractivity contribution in [2.45, 2.75) is 26.3 Å². The summed E-state index contributed by atoms with van der Waals surface area (Å²) in [4.78, 5) is 14.9. The molecule has 144 valence electrons. The summed E-state index contributed by atoms with van der Waals surface area (Å²) in [6, 6.07) is 15.4. The van der Waals surface area contributed by atoms with E-state index in [1.165, 1.54) is 11.3 Å². The number of nitrogens with zero attached hydrogens (tertiary/aromatic N) is 1. The molecule has 1 heterocycles. The topological polar surface area (TPSA) is 78.5 Å². The number of carbonyl (C=O) groups excluding carboxylic acids is 1. The third kappa shape index (κ3) is 4.42. The van der Waals surface area contributed by atoms with E-state index in [-0.39, 0.29) is 11.7 Å². The molecule has 2 aromatic carbocycles. The molecular weight excluding hydrogens is 362 g/mol. The molecule has 1 unspecified atom stereocenters. The number of para-hydroxylation sites is 2. The maximum Gasteiger partial charge on any atom is 0.253 e. The summed E-state index contributed by atoms with van der Waals surface area (Å²) in [6.45, 7) is 4.91. The van der Waals surface area contributed by atoms with E-state index in [2.05, 4.69) is 34.0 Å². The van der Waals surface area contributed by atoms with Crippen LogP contribution in [0.2, 0.25) is 0 Å². The summed E-state index contributed by atoms with van der Waals surface area (Å²) in [7, 11) is -3.44. The maximum absolute atomic E-state index is 12.6. The minimum Gasteiger partial charge on any atom is -0.367 e. The van der Waals surface area contributed by atoms with Crippen LogP contribution in [0, 0.1) is 0 Å².